The van der Waals surface area contributed by atoms with Gasteiger partial charge in [-0.15, -0.1) is 0 Å². The van der Waals surface area contributed by atoms with Gasteiger partial charge >= 0.3 is 0 Å². The summed E-state index contributed by atoms with van der Waals surface area (Å²) in [5.41, 5.74) is 2.16. The standard InChI is InChI=1S/C12H9N3O/c16-12-11-6-7-13-15(11)8-10(14-12)9-4-2-1-3-5-9/h1-8H,(H,14,16). The van der Waals surface area contributed by atoms with E-state index in [0.717, 1.165) is 11.3 Å². The summed E-state index contributed by atoms with van der Waals surface area (Å²) in [7, 11) is 0. The third kappa shape index (κ3) is 1.32. The van der Waals surface area contributed by atoms with Crippen LogP contribution < -0.4 is 5.56 Å². The molecule has 2 aromatic heterocycles. The number of hydrogen-bond acceptors (Lipinski definition) is 2. The number of fused-ring (bicyclic) bond motifs is 1. The maximum Gasteiger partial charge on any atom is 0.274 e. The molecule has 4 heteroatoms. The number of H-pyrrole nitrogens is 1. The zero-order valence-electron chi connectivity index (χ0n) is 8.42. The fraction of sp³-hybridized carbons (Fsp3) is 0. The molecule has 1 N–H and O–H groups in total. The molecule has 0 spiro atoms. The number of aromatic amines is 1. The van der Waals surface area contributed by atoms with Gasteiger partial charge in [0.2, 0.25) is 0 Å². The summed E-state index contributed by atoms with van der Waals surface area (Å²) >= 11 is 0. The Morgan fingerprint density at radius 1 is 1.12 bits per heavy atom. The zero-order valence-corrected chi connectivity index (χ0v) is 8.42. The molecule has 0 fully saturated rings. The Hall–Kier alpha value is -2.36. The molecule has 16 heavy (non-hydrogen) atoms. The molecule has 3 rings (SSSR count). The molecule has 0 aliphatic carbocycles. The average Bonchev–Trinajstić information content (AvgIpc) is 2.79. The van der Waals surface area contributed by atoms with Crippen LogP contribution in [0.15, 0.2) is 53.6 Å². The van der Waals surface area contributed by atoms with Crippen molar-refractivity contribution in [3.8, 4) is 11.3 Å². The van der Waals surface area contributed by atoms with E-state index < -0.39 is 0 Å². The molecule has 0 radical (unpaired) electrons. The molecule has 78 valence electrons. The highest BCUT2D eigenvalue weighted by Gasteiger charge is 2.03. The second kappa shape index (κ2) is 3.34. The molecular weight excluding hydrogens is 202 g/mol. The van der Waals surface area contributed by atoms with E-state index in [1.807, 2.05) is 36.5 Å². The maximum absolute atomic E-state index is 11.7. The lowest BCUT2D eigenvalue weighted by Crippen LogP contribution is -2.10. The van der Waals surface area contributed by atoms with Gasteiger partial charge in [-0.2, -0.15) is 5.10 Å². The van der Waals surface area contributed by atoms with Gasteiger partial charge in [0.1, 0.15) is 5.52 Å². The third-order valence-electron chi connectivity index (χ3n) is 2.49. The van der Waals surface area contributed by atoms with Crippen LogP contribution >= 0.6 is 0 Å². The summed E-state index contributed by atoms with van der Waals surface area (Å²) in [6.45, 7) is 0. The molecule has 0 saturated carbocycles. The molecule has 0 aliphatic rings. The number of nitrogens with zero attached hydrogens (tertiary/aromatic N) is 2. The highest BCUT2D eigenvalue weighted by atomic mass is 16.1. The van der Waals surface area contributed by atoms with Crippen molar-refractivity contribution in [2.24, 2.45) is 0 Å². The Kier molecular flexibility index (Phi) is 1.86. The monoisotopic (exact) mass is 211 g/mol. The summed E-state index contributed by atoms with van der Waals surface area (Å²) in [4.78, 5) is 14.6. The topological polar surface area (TPSA) is 50.2 Å². The molecule has 2 heterocycles. The maximum atomic E-state index is 11.7. The summed E-state index contributed by atoms with van der Waals surface area (Å²) in [6, 6.07) is 11.4. The Morgan fingerprint density at radius 3 is 2.75 bits per heavy atom. The van der Waals surface area contributed by atoms with Crippen LogP contribution in [0, 0.1) is 0 Å². The summed E-state index contributed by atoms with van der Waals surface area (Å²) < 4.78 is 1.58. The highest BCUT2D eigenvalue weighted by Crippen LogP contribution is 2.14. The molecular formula is C12H9N3O. The number of aromatic nitrogens is 3. The largest absolute Gasteiger partial charge is 0.319 e. The lowest BCUT2D eigenvalue weighted by atomic mass is 10.2. The zero-order chi connectivity index (χ0) is 11.0. The van der Waals surface area contributed by atoms with E-state index in [0.29, 0.717) is 5.52 Å². The van der Waals surface area contributed by atoms with Crippen LogP contribution in [0.1, 0.15) is 0 Å². The fourth-order valence-electron chi connectivity index (χ4n) is 1.70. The van der Waals surface area contributed by atoms with Gasteiger partial charge in [0.05, 0.1) is 18.1 Å². The molecule has 0 atom stereocenters. The van der Waals surface area contributed by atoms with Crippen molar-refractivity contribution in [3.05, 3.63) is 59.1 Å². The van der Waals surface area contributed by atoms with Crippen molar-refractivity contribution in [1.82, 2.24) is 14.6 Å². The Bertz CT molecular complexity index is 682. The number of nitrogens with one attached hydrogen (secondary N) is 1. The van der Waals surface area contributed by atoms with Crippen LogP contribution in [0.2, 0.25) is 0 Å². The SMILES string of the molecule is O=c1[nH]c(-c2ccccc2)cn2nccc12. The highest BCUT2D eigenvalue weighted by molar-refractivity contribution is 5.59. The van der Waals surface area contributed by atoms with Gasteiger partial charge < -0.3 is 4.98 Å². The van der Waals surface area contributed by atoms with Crippen molar-refractivity contribution in [1.29, 1.82) is 0 Å². The molecule has 0 unspecified atom stereocenters. The van der Waals surface area contributed by atoms with E-state index in [1.165, 1.54) is 0 Å². The smallest absolute Gasteiger partial charge is 0.274 e. The van der Waals surface area contributed by atoms with Crippen LogP contribution in [0.3, 0.4) is 0 Å². The van der Waals surface area contributed by atoms with Gasteiger partial charge in [-0.05, 0) is 11.6 Å². The van der Waals surface area contributed by atoms with Gasteiger partial charge in [-0.1, -0.05) is 30.3 Å². The van der Waals surface area contributed by atoms with E-state index in [-0.39, 0.29) is 5.56 Å². The molecule has 0 saturated heterocycles. The second-order valence-electron chi connectivity index (χ2n) is 3.52. The summed E-state index contributed by atoms with van der Waals surface area (Å²) in [5, 5.41) is 4.06. The van der Waals surface area contributed by atoms with Crippen LogP contribution in [-0.2, 0) is 0 Å². The molecule has 0 amide bonds. The molecule has 3 aromatic rings. The van der Waals surface area contributed by atoms with Crippen molar-refractivity contribution in [3.63, 3.8) is 0 Å². The molecule has 0 bridgehead atoms. The van der Waals surface area contributed by atoms with E-state index in [2.05, 4.69) is 10.1 Å². The predicted octanol–water partition coefficient (Wildman–Crippen LogP) is 1.69. The van der Waals surface area contributed by atoms with Crippen molar-refractivity contribution in [2.45, 2.75) is 0 Å². The van der Waals surface area contributed by atoms with Crippen LogP contribution in [0.25, 0.3) is 16.8 Å². The summed E-state index contributed by atoms with van der Waals surface area (Å²) in [6.07, 6.45) is 3.42. The number of hydrogen-bond donors (Lipinski definition) is 1. The average molecular weight is 211 g/mol. The van der Waals surface area contributed by atoms with Gasteiger partial charge in [0.25, 0.3) is 5.56 Å². The lowest BCUT2D eigenvalue weighted by molar-refractivity contribution is 0.939. The number of benzene rings is 1. The third-order valence-corrected chi connectivity index (χ3v) is 2.49. The number of rotatable bonds is 1. The van der Waals surface area contributed by atoms with Gasteiger partial charge in [0, 0.05) is 0 Å². The van der Waals surface area contributed by atoms with E-state index in [1.54, 1.807) is 16.8 Å². The lowest BCUT2D eigenvalue weighted by Gasteiger charge is -2.01. The van der Waals surface area contributed by atoms with Crippen LogP contribution in [-0.4, -0.2) is 14.6 Å². The first-order valence-corrected chi connectivity index (χ1v) is 4.97. The van der Waals surface area contributed by atoms with Crippen molar-refractivity contribution < 1.29 is 0 Å². The van der Waals surface area contributed by atoms with Gasteiger partial charge in [-0.3, -0.25) is 4.79 Å². The quantitative estimate of drug-likeness (QED) is 0.665. The first-order valence-electron chi connectivity index (χ1n) is 4.97. The first kappa shape index (κ1) is 8.91. The Labute approximate surface area is 91.2 Å². The van der Waals surface area contributed by atoms with Crippen molar-refractivity contribution in [2.75, 3.05) is 0 Å². The molecule has 1 aromatic carbocycles. The minimum atomic E-state index is -0.126. The van der Waals surface area contributed by atoms with E-state index in [4.69, 9.17) is 0 Å². The molecule has 4 nitrogen and oxygen atoms in total. The summed E-state index contributed by atoms with van der Waals surface area (Å²) in [5.74, 6) is 0. The minimum Gasteiger partial charge on any atom is -0.319 e. The predicted molar refractivity (Wildman–Crippen MR) is 61.2 cm³/mol. The normalized spacial score (nSPS) is 10.8. The first-order chi connectivity index (χ1) is 7.84. The van der Waals surface area contributed by atoms with Gasteiger partial charge in [0.15, 0.2) is 0 Å². The van der Waals surface area contributed by atoms with Crippen LogP contribution in [0.4, 0.5) is 0 Å². The van der Waals surface area contributed by atoms with Gasteiger partial charge in [-0.25, -0.2) is 4.52 Å². The fourth-order valence-corrected chi connectivity index (χ4v) is 1.70. The molecule has 0 aliphatic heterocycles. The second-order valence-corrected chi connectivity index (χ2v) is 3.52. The van der Waals surface area contributed by atoms with E-state index >= 15 is 0 Å². The Balaban J connectivity index is 2.30. The van der Waals surface area contributed by atoms with Crippen LogP contribution in [0.5, 0.6) is 0 Å². The Morgan fingerprint density at radius 2 is 1.94 bits per heavy atom. The van der Waals surface area contributed by atoms with Crippen molar-refractivity contribution >= 4 is 5.52 Å². The van der Waals surface area contributed by atoms with E-state index in [9.17, 15) is 4.79 Å². The minimum absolute atomic E-state index is 0.126.